The van der Waals surface area contributed by atoms with E-state index in [4.69, 9.17) is 5.73 Å². The van der Waals surface area contributed by atoms with Crippen LogP contribution in [0.25, 0.3) is 0 Å². The minimum Gasteiger partial charge on any atom is -0.351 e. The van der Waals surface area contributed by atoms with E-state index in [1.54, 1.807) is 0 Å². The highest BCUT2D eigenvalue weighted by Crippen LogP contribution is 2.38. The molecule has 0 unspecified atom stereocenters. The molecule has 1 aromatic carbocycles. The molecule has 10 nitrogen and oxygen atoms in total. The number of nitrogens with zero attached hydrogens (tertiary/aromatic N) is 2. The first-order valence-corrected chi connectivity index (χ1v) is 17.9. The number of fused-ring (bicyclic) bond motifs is 1. The second-order valence-electron chi connectivity index (χ2n) is 11.9. The molecule has 4 amide bonds. The first kappa shape index (κ1) is 31.6. The maximum absolute atomic E-state index is 14.0. The standard InChI is InChI=1S/C31H43N5O5S2/c1-2-18-35-19-17-25-26(20-35)42-30(27(25)29(38)34-31(32)39)33-28(37)21-13-15-24(16-14-21)43(40,41)36(22-9-5-3-6-10-22)23-11-7-4-8-12-23/h13-16,22-23H,2-12,17-20H2,1H3,(H,33,37)(H3,32,34,38,39). The second kappa shape index (κ2) is 13.9. The first-order chi connectivity index (χ1) is 20.7. The average Bonchev–Trinajstić information content (AvgIpc) is 3.35. The Morgan fingerprint density at radius 3 is 2.12 bits per heavy atom. The van der Waals surface area contributed by atoms with Crippen LogP contribution in [-0.2, 0) is 23.0 Å². The lowest BCUT2D eigenvalue weighted by Gasteiger charge is -2.40. The van der Waals surface area contributed by atoms with Gasteiger partial charge in [-0.25, -0.2) is 13.2 Å². The fourth-order valence-electron chi connectivity index (χ4n) is 6.90. The fourth-order valence-corrected chi connectivity index (χ4v) is 10.1. The molecule has 1 aliphatic heterocycles. The van der Waals surface area contributed by atoms with E-state index in [1.807, 2.05) is 4.31 Å². The third kappa shape index (κ3) is 7.13. The number of sulfonamides is 1. The Morgan fingerprint density at radius 1 is 0.953 bits per heavy atom. The summed E-state index contributed by atoms with van der Waals surface area (Å²) in [5.41, 5.74) is 6.59. The summed E-state index contributed by atoms with van der Waals surface area (Å²) in [6.45, 7) is 4.47. The summed E-state index contributed by atoms with van der Waals surface area (Å²) in [5.74, 6) is -1.10. The number of thiophene rings is 1. The molecule has 5 rings (SSSR count). The molecule has 2 aliphatic carbocycles. The molecule has 0 radical (unpaired) electrons. The van der Waals surface area contributed by atoms with Crippen LogP contribution in [0.2, 0.25) is 0 Å². The van der Waals surface area contributed by atoms with Crippen LogP contribution in [0.1, 0.15) is 109 Å². The zero-order valence-electron chi connectivity index (χ0n) is 24.9. The maximum Gasteiger partial charge on any atom is 0.319 e. The SMILES string of the molecule is CCCN1CCc2c(sc(NC(=O)c3ccc(S(=O)(=O)N(C4CCCCC4)C4CCCCC4)cc3)c2C(=O)NC(N)=O)C1. The van der Waals surface area contributed by atoms with Crippen molar-refractivity contribution in [1.82, 2.24) is 14.5 Å². The lowest BCUT2D eigenvalue weighted by atomic mass is 9.91. The molecule has 0 spiro atoms. The number of imide groups is 1. The van der Waals surface area contributed by atoms with Crippen LogP contribution < -0.4 is 16.4 Å². The molecule has 2 saturated carbocycles. The van der Waals surface area contributed by atoms with Crippen LogP contribution in [-0.4, -0.2) is 60.6 Å². The van der Waals surface area contributed by atoms with E-state index in [1.165, 1.54) is 35.6 Å². The zero-order chi connectivity index (χ0) is 30.6. The number of rotatable bonds is 9. The topological polar surface area (TPSA) is 142 Å². The molecular weight excluding hydrogens is 587 g/mol. The summed E-state index contributed by atoms with van der Waals surface area (Å²) in [6, 6.07) is 5.18. The van der Waals surface area contributed by atoms with Crippen LogP contribution in [0, 0.1) is 0 Å². The Hall–Kier alpha value is -2.80. The largest absolute Gasteiger partial charge is 0.351 e. The van der Waals surface area contributed by atoms with Gasteiger partial charge in [0.25, 0.3) is 11.8 Å². The number of nitrogens with one attached hydrogen (secondary N) is 2. The number of hydrogen-bond donors (Lipinski definition) is 3. The molecule has 0 saturated heterocycles. The molecule has 4 N–H and O–H groups in total. The van der Waals surface area contributed by atoms with Gasteiger partial charge in [-0.1, -0.05) is 45.4 Å². The number of nitrogens with two attached hydrogens (primary N) is 1. The third-order valence-electron chi connectivity index (χ3n) is 8.93. The Kier molecular flexibility index (Phi) is 10.2. The summed E-state index contributed by atoms with van der Waals surface area (Å²) < 4.78 is 29.9. The van der Waals surface area contributed by atoms with Gasteiger partial charge in [0.1, 0.15) is 5.00 Å². The van der Waals surface area contributed by atoms with Gasteiger partial charge in [-0.3, -0.25) is 19.8 Å². The molecule has 3 aliphatic rings. The number of carbonyl (C=O) groups is 3. The van der Waals surface area contributed by atoms with Gasteiger partial charge in [-0.2, -0.15) is 4.31 Å². The highest BCUT2D eigenvalue weighted by atomic mass is 32.2. The van der Waals surface area contributed by atoms with E-state index in [2.05, 4.69) is 22.5 Å². The van der Waals surface area contributed by atoms with Gasteiger partial charge in [-0.05, 0) is 74.9 Å². The van der Waals surface area contributed by atoms with Crippen LogP contribution >= 0.6 is 11.3 Å². The Labute approximate surface area is 258 Å². The second-order valence-corrected chi connectivity index (χ2v) is 14.9. The van der Waals surface area contributed by atoms with Crippen molar-refractivity contribution in [3.8, 4) is 0 Å². The average molecular weight is 630 g/mol. The van der Waals surface area contributed by atoms with Crippen LogP contribution in [0.15, 0.2) is 29.2 Å². The minimum absolute atomic E-state index is 0.0212. The Morgan fingerprint density at radius 2 is 1.56 bits per heavy atom. The van der Waals surface area contributed by atoms with Crippen molar-refractivity contribution in [3.05, 3.63) is 45.8 Å². The summed E-state index contributed by atoms with van der Waals surface area (Å²) >= 11 is 1.32. The van der Waals surface area contributed by atoms with Crippen LogP contribution in [0.5, 0.6) is 0 Å². The first-order valence-electron chi connectivity index (χ1n) is 15.6. The summed E-state index contributed by atoms with van der Waals surface area (Å²) in [6.07, 6.45) is 11.7. The van der Waals surface area contributed by atoms with E-state index < -0.39 is 27.9 Å². The van der Waals surface area contributed by atoms with Crippen molar-refractivity contribution in [2.45, 2.75) is 107 Å². The van der Waals surface area contributed by atoms with Crippen molar-refractivity contribution >= 4 is 44.2 Å². The molecule has 234 valence electrons. The predicted molar refractivity (Wildman–Crippen MR) is 168 cm³/mol. The predicted octanol–water partition coefficient (Wildman–Crippen LogP) is 5.23. The van der Waals surface area contributed by atoms with Gasteiger partial charge in [0, 0.05) is 35.6 Å². The fraction of sp³-hybridized carbons (Fsp3) is 0.581. The van der Waals surface area contributed by atoms with Crippen molar-refractivity contribution in [2.75, 3.05) is 18.4 Å². The van der Waals surface area contributed by atoms with E-state index in [0.29, 0.717) is 18.0 Å². The molecule has 43 heavy (non-hydrogen) atoms. The molecular formula is C31H43N5O5S2. The number of benzene rings is 1. The Balaban J connectivity index is 1.38. The third-order valence-corrected chi connectivity index (χ3v) is 12.1. The quantitative estimate of drug-likeness (QED) is 0.347. The van der Waals surface area contributed by atoms with Gasteiger partial charge < -0.3 is 11.1 Å². The molecule has 2 aromatic rings. The zero-order valence-corrected chi connectivity index (χ0v) is 26.5. The monoisotopic (exact) mass is 629 g/mol. The van der Waals surface area contributed by atoms with Crippen molar-refractivity contribution in [1.29, 1.82) is 0 Å². The summed E-state index contributed by atoms with van der Waals surface area (Å²) in [7, 11) is -3.74. The Bertz CT molecular complexity index is 1410. The van der Waals surface area contributed by atoms with E-state index >= 15 is 0 Å². The molecule has 2 heterocycles. The van der Waals surface area contributed by atoms with E-state index in [0.717, 1.165) is 94.2 Å². The molecule has 0 bridgehead atoms. The molecule has 0 atom stereocenters. The van der Waals surface area contributed by atoms with E-state index in [9.17, 15) is 22.8 Å². The minimum atomic E-state index is -3.74. The smallest absolute Gasteiger partial charge is 0.319 e. The van der Waals surface area contributed by atoms with E-state index in [-0.39, 0.29) is 28.1 Å². The van der Waals surface area contributed by atoms with Gasteiger partial charge in [0.15, 0.2) is 0 Å². The number of primary amides is 1. The normalized spacial score (nSPS) is 18.7. The van der Waals surface area contributed by atoms with Crippen LogP contribution in [0.3, 0.4) is 0 Å². The highest BCUT2D eigenvalue weighted by Gasteiger charge is 2.38. The number of amides is 4. The number of anilines is 1. The van der Waals surface area contributed by atoms with Crippen molar-refractivity contribution in [2.24, 2.45) is 5.73 Å². The molecule has 2 fully saturated rings. The lowest BCUT2D eigenvalue weighted by Crippen LogP contribution is -2.48. The van der Waals surface area contributed by atoms with Crippen molar-refractivity contribution < 1.29 is 22.8 Å². The molecule has 1 aromatic heterocycles. The summed E-state index contributed by atoms with van der Waals surface area (Å²) in [4.78, 5) is 41.3. The van der Waals surface area contributed by atoms with Gasteiger partial charge in [-0.15, -0.1) is 11.3 Å². The van der Waals surface area contributed by atoms with Crippen LogP contribution in [0.4, 0.5) is 9.80 Å². The van der Waals surface area contributed by atoms with Gasteiger partial charge in [0.2, 0.25) is 10.0 Å². The number of carbonyl (C=O) groups excluding carboxylic acids is 3. The lowest BCUT2D eigenvalue weighted by molar-refractivity contribution is 0.0965. The molecule has 12 heteroatoms. The van der Waals surface area contributed by atoms with Gasteiger partial charge in [0.05, 0.1) is 10.5 Å². The summed E-state index contributed by atoms with van der Waals surface area (Å²) in [5, 5.41) is 5.35. The van der Waals surface area contributed by atoms with Gasteiger partial charge >= 0.3 is 6.03 Å². The number of urea groups is 1. The maximum atomic E-state index is 14.0. The number of hydrogen-bond acceptors (Lipinski definition) is 7. The van der Waals surface area contributed by atoms with Crippen molar-refractivity contribution in [3.63, 3.8) is 0 Å². The highest BCUT2D eigenvalue weighted by molar-refractivity contribution is 7.89.